The number of aromatic carboxylic acids is 1. The molecule has 0 saturated heterocycles. The fourth-order valence-corrected chi connectivity index (χ4v) is 2.92. The summed E-state index contributed by atoms with van der Waals surface area (Å²) >= 11 is 1.82. The van der Waals surface area contributed by atoms with Crippen LogP contribution in [0.5, 0.6) is 0 Å². The van der Waals surface area contributed by atoms with Gasteiger partial charge in [0.05, 0.1) is 17.0 Å². The van der Waals surface area contributed by atoms with E-state index < -0.39 is 16.0 Å². The van der Waals surface area contributed by atoms with Crippen LogP contribution in [-0.4, -0.2) is 29.6 Å². The first kappa shape index (κ1) is 14.9. The Labute approximate surface area is 127 Å². The van der Waals surface area contributed by atoms with Crippen LogP contribution in [0.1, 0.15) is 16.2 Å². The molecule has 0 spiro atoms. The fraction of sp³-hybridized carbons (Fsp3) is 0.100. The molecular formula is C10H8IN3O5S. The highest BCUT2D eigenvalue weighted by Crippen LogP contribution is 2.18. The summed E-state index contributed by atoms with van der Waals surface area (Å²) in [6, 6.07) is 3.85. The predicted molar refractivity (Wildman–Crippen MR) is 74.4 cm³/mol. The number of halogens is 1. The maximum atomic E-state index is 12.0. The lowest BCUT2D eigenvalue weighted by molar-refractivity contribution is 0.0695. The van der Waals surface area contributed by atoms with E-state index in [1.165, 1.54) is 12.1 Å². The van der Waals surface area contributed by atoms with Crippen LogP contribution >= 0.6 is 22.6 Å². The number of nitrogens with one attached hydrogen (secondary N) is 1. The van der Waals surface area contributed by atoms with E-state index in [4.69, 9.17) is 5.11 Å². The summed E-state index contributed by atoms with van der Waals surface area (Å²) < 4.78 is 31.2. The minimum Gasteiger partial charge on any atom is -0.478 e. The molecule has 0 unspecified atom stereocenters. The Morgan fingerprint density at radius 2 is 2.20 bits per heavy atom. The van der Waals surface area contributed by atoms with Crippen molar-refractivity contribution in [3.05, 3.63) is 39.6 Å². The Bertz CT molecular complexity index is 729. The average Bonchev–Trinajstić information content (AvgIpc) is 2.89. The van der Waals surface area contributed by atoms with Crippen LogP contribution in [0.4, 0.5) is 0 Å². The molecule has 2 rings (SSSR count). The molecule has 10 heteroatoms. The van der Waals surface area contributed by atoms with Gasteiger partial charge in [-0.15, -0.1) is 0 Å². The lowest BCUT2D eigenvalue weighted by atomic mass is 10.2. The number of aromatic nitrogens is 2. The van der Waals surface area contributed by atoms with E-state index in [1.807, 2.05) is 22.6 Å². The Morgan fingerprint density at radius 1 is 1.45 bits per heavy atom. The van der Waals surface area contributed by atoms with E-state index in [9.17, 15) is 13.2 Å². The molecule has 1 aromatic heterocycles. The van der Waals surface area contributed by atoms with Crippen LogP contribution in [0.2, 0.25) is 0 Å². The number of rotatable bonds is 5. The van der Waals surface area contributed by atoms with Crippen molar-refractivity contribution < 1.29 is 22.8 Å². The average molecular weight is 409 g/mol. The Kier molecular flexibility index (Phi) is 4.35. The predicted octanol–water partition coefficient (Wildman–Crippen LogP) is 0.851. The highest BCUT2D eigenvalue weighted by atomic mass is 127. The molecule has 0 radical (unpaired) electrons. The lowest BCUT2D eigenvalue weighted by Crippen LogP contribution is -2.24. The number of benzene rings is 1. The zero-order valence-electron chi connectivity index (χ0n) is 9.78. The number of sulfonamides is 1. The van der Waals surface area contributed by atoms with Gasteiger partial charge in [0.25, 0.3) is 0 Å². The summed E-state index contributed by atoms with van der Waals surface area (Å²) in [6.07, 6.45) is 1.08. The van der Waals surface area contributed by atoms with Crippen LogP contribution in [0, 0.1) is 3.57 Å². The molecule has 1 aromatic carbocycles. The summed E-state index contributed by atoms with van der Waals surface area (Å²) in [6.45, 7) is -0.146. The maximum Gasteiger partial charge on any atom is 0.336 e. The third-order valence-corrected chi connectivity index (χ3v) is 4.65. The second-order valence-electron chi connectivity index (χ2n) is 3.62. The third-order valence-electron chi connectivity index (χ3n) is 2.31. The maximum absolute atomic E-state index is 12.0. The summed E-state index contributed by atoms with van der Waals surface area (Å²) in [5.74, 6) is -1.01. The smallest absolute Gasteiger partial charge is 0.336 e. The van der Waals surface area contributed by atoms with E-state index in [-0.39, 0.29) is 22.8 Å². The topological polar surface area (TPSA) is 122 Å². The summed E-state index contributed by atoms with van der Waals surface area (Å²) in [7, 11) is -3.85. The number of carbonyl (C=O) groups is 1. The minimum atomic E-state index is -3.85. The first-order valence-electron chi connectivity index (χ1n) is 5.18. The molecule has 0 saturated carbocycles. The molecular weight excluding hydrogens is 401 g/mol. The molecule has 1 heterocycles. The molecule has 0 fully saturated rings. The van der Waals surface area contributed by atoms with E-state index in [0.717, 1.165) is 12.5 Å². The lowest BCUT2D eigenvalue weighted by Gasteiger charge is -2.06. The monoisotopic (exact) mass is 409 g/mol. The van der Waals surface area contributed by atoms with Gasteiger partial charge in [-0.1, -0.05) is 5.16 Å². The largest absolute Gasteiger partial charge is 0.478 e. The van der Waals surface area contributed by atoms with Crippen LogP contribution in [0.3, 0.4) is 0 Å². The zero-order chi connectivity index (χ0) is 14.8. The van der Waals surface area contributed by atoms with Crippen molar-refractivity contribution in [1.82, 2.24) is 14.9 Å². The molecule has 2 aromatic rings. The normalized spacial score (nSPS) is 11.4. The fourth-order valence-electron chi connectivity index (χ4n) is 1.35. The van der Waals surface area contributed by atoms with Crippen molar-refractivity contribution in [2.45, 2.75) is 11.4 Å². The van der Waals surface area contributed by atoms with Crippen LogP contribution in [0.15, 0.2) is 34.0 Å². The first-order valence-corrected chi connectivity index (χ1v) is 7.74. The molecule has 20 heavy (non-hydrogen) atoms. The van der Waals surface area contributed by atoms with Crippen molar-refractivity contribution in [3.63, 3.8) is 0 Å². The molecule has 0 atom stereocenters. The van der Waals surface area contributed by atoms with Gasteiger partial charge in [-0.3, -0.25) is 0 Å². The first-order chi connectivity index (χ1) is 9.40. The molecule has 8 nitrogen and oxygen atoms in total. The zero-order valence-corrected chi connectivity index (χ0v) is 12.8. The number of hydrogen-bond acceptors (Lipinski definition) is 6. The Morgan fingerprint density at radius 3 is 2.80 bits per heavy atom. The van der Waals surface area contributed by atoms with E-state index in [1.54, 1.807) is 0 Å². The second-order valence-corrected chi connectivity index (χ2v) is 6.55. The van der Waals surface area contributed by atoms with Gasteiger partial charge in [-0.25, -0.2) is 17.9 Å². The summed E-state index contributed by atoms with van der Waals surface area (Å²) in [4.78, 5) is 14.5. The van der Waals surface area contributed by atoms with Gasteiger partial charge < -0.3 is 9.63 Å². The number of carboxylic acids is 1. The van der Waals surface area contributed by atoms with E-state index in [0.29, 0.717) is 3.57 Å². The van der Waals surface area contributed by atoms with Crippen molar-refractivity contribution in [1.29, 1.82) is 0 Å². The quantitative estimate of drug-likeness (QED) is 0.702. The highest BCUT2D eigenvalue weighted by molar-refractivity contribution is 14.1. The van der Waals surface area contributed by atoms with Gasteiger partial charge in [0.15, 0.2) is 5.82 Å². The van der Waals surface area contributed by atoms with E-state index in [2.05, 4.69) is 19.4 Å². The van der Waals surface area contributed by atoms with Gasteiger partial charge in [0, 0.05) is 3.57 Å². The molecule has 0 aliphatic heterocycles. The minimum absolute atomic E-state index is 0.0759. The van der Waals surface area contributed by atoms with Gasteiger partial charge >= 0.3 is 5.97 Å². The SMILES string of the molecule is O=C(O)c1cc(S(=O)(=O)NCc2ncon2)ccc1I. The standard InChI is InChI=1S/C10H8IN3O5S/c11-8-2-1-6(3-7(8)10(15)16)20(17,18)13-4-9-12-5-19-14-9/h1-3,5,13H,4H2,(H,15,16). The van der Waals surface area contributed by atoms with Crippen LogP contribution < -0.4 is 4.72 Å². The second kappa shape index (κ2) is 5.85. The molecule has 0 amide bonds. The van der Waals surface area contributed by atoms with Crippen LogP contribution in [0.25, 0.3) is 0 Å². The van der Waals surface area contributed by atoms with Gasteiger partial charge in [-0.2, -0.15) is 4.98 Å². The van der Waals surface area contributed by atoms with Crippen LogP contribution in [-0.2, 0) is 16.6 Å². The van der Waals surface area contributed by atoms with Gasteiger partial charge in [-0.05, 0) is 40.8 Å². The molecule has 0 aliphatic carbocycles. The molecule has 2 N–H and O–H groups in total. The van der Waals surface area contributed by atoms with Crippen molar-refractivity contribution in [2.75, 3.05) is 0 Å². The molecule has 0 bridgehead atoms. The van der Waals surface area contributed by atoms with Crippen molar-refractivity contribution >= 4 is 38.6 Å². The van der Waals surface area contributed by atoms with Crippen molar-refractivity contribution in [2.24, 2.45) is 0 Å². The Balaban J connectivity index is 2.25. The third kappa shape index (κ3) is 3.32. The van der Waals surface area contributed by atoms with E-state index >= 15 is 0 Å². The molecule has 0 aliphatic rings. The van der Waals surface area contributed by atoms with Gasteiger partial charge in [0.1, 0.15) is 0 Å². The number of hydrogen-bond donors (Lipinski definition) is 2. The van der Waals surface area contributed by atoms with Crippen molar-refractivity contribution in [3.8, 4) is 0 Å². The number of carboxylic acid groups (broad SMARTS) is 1. The summed E-state index contributed by atoms with van der Waals surface area (Å²) in [5, 5.41) is 12.4. The Hall–Kier alpha value is -1.53. The highest BCUT2D eigenvalue weighted by Gasteiger charge is 2.18. The molecule has 106 valence electrons. The van der Waals surface area contributed by atoms with Gasteiger partial charge in [0.2, 0.25) is 16.4 Å². The summed E-state index contributed by atoms with van der Waals surface area (Å²) in [5.41, 5.74) is -0.0759. The number of nitrogens with zero attached hydrogens (tertiary/aromatic N) is 2.